The zero-order valence-corrected chi connectivity index (χ0v) is 11.7. The summed E-state index contributed by atoms with van der Waals surface area (Å²) in [4.78, 5) is 11.7. The fourth-order valence-electron chi connectivity index (χ4n) is 2.01. The van der Waals surface area contributed by atoms with E-state index in [9.17, 15) is 4.79 Å². The standard InChI is InChI=1S/C15H21NO4/c1-11(17)9-16-15(18)12-4-6-13(7-5-12)20-10-14-3-2-8-19-14/h4-7,11,14,17H,2-3,8-10H2,1H3,(H,16,18). The third-order valence-electron chi connectivity index (χ3n) is 3.13. The molecule has 1 aromatic carbocycles. The summed E-state index contributed by atoms with van der Waals surface area (Å²) in [6.45, 7) is 3.24. The Bertz CT molecular complexity index is 424. The van der Waals surface area contributed by atoms with Gasteiger partial charge in [-0.05, 0) is 44.0 Å². The first-order valence-corrected chi connectivity index (χ1v) is 6.96. The van der Waals surface area contributed by atoms with Crippen molar-refractivity contribution in [3.63, 3.8) is 0 Å². The molecule has 1 aliphatic heterocycles. The molecule has 5 nitrogen and oxygen atoms in total. The lowest BCUT2D eigenvalue weighted by Crippen LogP contribution is -2.30. The topological polar surface area (TPSA) is 67.8 Å². The highest BCUT2D eigenvalue weighted by Crippen LogP contribution is 2.16. The second-order valence-corrected chi connectivity index (χ2v) is 5.03. The number of rotatable bonds is 6. The third-order valence-corrected chi connectivity index (χ3v) is 3.13. The van der Waals surface area contributed by atoms with E-state index in [2.05, 4.69) is 5.32 Å². The second-order valence-electron chi connectivity index (χ2n) is 5.03. The van der Waals surface area contributed by atoms with Crippen LogP contribution < -0.4 is 10.1 Å². The first-order chi connectivity index (χ1) is 9.65. The van der Waals surface area contributed by atoms with Crippen LogP contribution in [0.5, 0.6) is 5.75 Å². The molecule has 5 heteroatoms. The van der Waals surface area contributed by atoms with Crippen LogP contribution >= 0.6 is 0 Å². The Morgan fingerprint density at radius 2 is 2.25 bits per heavy atom. The first kappa shape index (κ1) is 14.8. The van der Waals surface area contributed by atoms with E-state index in [1.54, 1.807) is 31.2 Å². The van der Waals surface area contributed by atoms with Crippen LogP contribution in [0.25, 0.3) is 0 Å². The zero-order valence-electron chi connectivity index (χ0n) is 11.7. The van der Waals surface area contributed by atoms with Crippen molar-refractivity contribution >= 4 is 5.91 Å². The van der Waals surface area contributed by atoms with E-state index in [0.717, 1.165) is 25.2 Å². The van der Waals surface area contributed by atoms with Gasteiger partial charge in [-0.2, -0.15) is 0 Å². The maximum absolute atomic E-state index is 11.7. The molecule has 2 N–H and O–H groups in total. The molecule has 0 saturated carbocycles. The average molecular weight is 279 g/mol. The quantitative estimate of drug-likeness (QED) is 0.825. The van der Waals surface area contributed by atoms with Crippen molar-refractivity contribution in [2.24, 2.45) is 0 Å². The van der Waals surface area contributed by atoms with Gasteiger partial charge in [-0.3, -0.25) is 4.79 Å². The minimum atomic E-state index is -0.548. The van der Waals surface area contributed by atoms with Crippen molar-refractivity contribution in [3.8, 4) is 5.75 Å². The van der Waals surface area contributed by atoms with Gasteiger partial charge in [0.2, 0.25) is 0 Å². The van der Waals surface area contributed by atoms with Crippen LogP contribution in [-0.2, 0) is 4.74 Å². The number of amides is 1. The van der Waals surface area contributed by atoms with Gasteiger partial charge in [-0.1, -0.05) is 0 Å². The highest BCUT2D eigenvalue weighted by Gasteiger charge is 2.16. The number of carbonyl (C=O) groups excluding carboxylic acids is 1. The smallest absolute Gasteiger partial charge is 0.251 e. The molecule has 1 aliphatic rings. The molecule has 0 bridgehead atoms. The van der Waals surface area contributed by atoms with Crippen molar-refractivity contribution in [2.75, 3.05) is 19.8 Å². The van der Waals surface area contributed by atoms with E-state index in [-0.39, 0.29) is 18.6 Å². The molecule has 0 radical (unpaired) electrons. The molecule has 2 atom stereocenters. The summed E-state index contributed by atoms with van der Waals surface area (Å²) in [6.07, 6.45) is 1.77. The molecule has 1 fully saturated rings. The van der Waals surface area contributed by atoms with Crippen molar-refractivity contribution in [3.05, 3.63) is 29.8 Å². The Kier molecular flexibility index (Phi) is 5.38. The van der Waals surface area contributed by atoms with Crippen LogP contribution in [0.15, 0.2) is 24.3 Å². The Balaban J connectivity index is 1.80. The van der Waals surface area contributed by atoms with Crippen LogP contribution in [0.2, 0.25) is 0 Å². The van der Waals surface area contributed by atoms with E-state index in [1.165, 1.54) is 0 Å². The lowest BCUT2D eigenvalue weighted by Gasteiger charge is -2.12. The molecule has 1 amide bonds. The van der Waals surface area contributed by atoms with Gasteiger partial charge in [-0.15, -0.1) is 0 Å². The van der Waals surface area contributed by atoms with Gasteiger partial charge in [0, 0.05) is 18.7 Å². The van der Waals surface area contributed by atoms with Gasteiger partial charge in [-0.25, -0.2) is 0 Å². The molecule has 1 saturated heterocycles. The highest BCUT2D eigenvalue weighted by atomic mass is 16.5. The van der Waals surface area contributed by atoms with E-state index >= 15 is 0 Å². The van der Waals surface area contributed by atoms with Gasteiger partial charge < -0.3 is 19.9 Å². The van der Waals surface area contributed by atoms with E-state index in [0.29, 0.717) is 12.2 Å². The molecule has 0 aromatic heterocycles. The third kappa shape index (κ3) is 4.51. The van der Waals surface area contributed by atoms with E-state index in [4.69, 9.17) is 14.6 Å². The zero-order chi connectivity index (χ0) is 14.4. The Morgan fingerprint density at radius 1 is 1.50 bits per heavy atom. The van der Waals surface area contributed by atoms with Gasteiger partial charge in [0.25, 0.3) is 5.91 Å². The molecular weight excluding hydrogens is 258 g/mol. The predicted molar refractivity (Wildman–Crippen MR) is 74.9 cm³/mol. The van der Waals surface area contributed by atoms with E-state index < -0.39 is 6.10 Å². The minimum absolute atomic E-state index is 0.184. The maximum atomic E-state index is 11.7. The monoisotopic (exact) mass is 279 g/mol. The van der Waals surface area contributed by atoms with Crippen LogP contribution in [0, 0.1) is 0 Å². The Hall–Kier alpha value is -1.59. The maximum Gasteiger partial charge on any atom is 0.251 e. The summed E-state index contributed by atoms with van der Waals surface area (Å²) in [5, 5.41) is 11.8. The van der Waals surface area contributed by atoms with Gasteiger partial charge in [0.15, 0.2) is 0 Å². The number of benzene rings is 1. The molecule has 1 aromatic rings. The van der Waals surface area contributed by atoms with Gasteiger partial charge in [0.05, 0.1) is 12.2 Å². The summed E-state index contributed by atoms with van der Waals surface area (Å²) >= 11 is 0. The number of aliphatic hydroxyl groups excluding tert-OH is 1. The van der Waals surface area contributed by atoms with Crippen LogP contribution in [0.4, 0.5) is 0 Å². The average Bonchev–Trinajstić information content (AvgIpc) is 2.96. The first-order valence-electron chi connectivity index (χ1n) is 6.96. The second kappa shape index (κ2) is 7.26. The lowest BCUT2D eigenvalue weighted by molar-refractivity contribution is 0.0679. The van der Waals surface area contributed by atoms with Crippen molar-refractivity contribution in [1.29, 1.82) is 0 Å². The molecule has 2 rings (SSSR count). The molecule has 20 heavy (non-hydrogen) atoms. The van der Waals surface area contributed by atoms with Crippen molar-refractivity contribution < 1.29 is 19.4 Å². The molecular formula is C15H21NO4. The minimum Gasteiger partial charge on any atom is -0.491 e. The summed E-state index contributed by atoms with van der Waals surface area (Å²) in [5.74, 6) is 0.532. The SMILES string of the molecule is CC(O)CNC(=O)c1ccc(OCC2CCCO2)cc1. The molecule has 1 heterocycles. The van der Waals surface area contributed by atoms with Gasteiger partial charge >= 0.3 is 0 Å². The fourth-order valence-corrected chi connectivity index (χ4v) is 2.01. The van der Waals surface area contributed by atoms with Crippen molar-refractivity contribution in [2.45, 2.75) is 32.0 Å². The Labute approximate surface area is 118 Å². The van der Waals surface area contributed by atoms with Crippen LogP contribution in [0.3, 0.4) is 0 Å². The highest BCUT2D eigenvalue weighted by molar-refractivity contribution is 5.94. The number of hydrogen-bond donors (Lipinski definition) is 2. The largest absolute Gasteiger partial charge is 0.491 e. The van der Waals surface area contributed by atoms with Crippen molar-refractivity contribution in [1.82, 2.24) is 5.32 Å². The van der Waals surface area contributed by atoms with Crippen LogP contribution in [-0.4, -0.2) is 43.0 Å². The Morgan fingerprint density at radius 3 is 2.85 bits per heavy atom. The number of aliphatic hydroxyl groups is 1. The molecule has 0 aliphatic carbocycles. The number of nitrogens with one attached hydrogen (secondary N) is 1. The molecule has 110 valence electrons. The predicted octanol–water partition coefficient (Wildman–Crippen LogP) is 1.36. The molecule has 2 unspecified atom stereocenters. The summed E-state index contributed by atoms with van der Waals surface area (Å²) in [5.41, 5.74) is 0.551. The lowest BCUT2D eigenvalue weighted by atomic mass is 10.2. The van der Waals surface area contributed by atoms with E-state index in [1.807, 2.05) is 0 Å². The summed E-state index contributed by atoms with van der Waals surface area (Å²) in [6, 6.07) is 6.96. The number of ether oxygens (including phenoxy) is 2. The summed E-state index contributed by atoms with van der Waals surface area (Å²) < 4.78 is 11.1. The van der Waals surface area contributed by atoms with Gasteiger partial charge in [0.1, 0.15) is 12.4 Å². The normalized spacial score (nSPS) is 19.6. The summed E-state index contributed by atoms with van der Waals surface area (Å²) in [7, 11) is 0. The van der Waals surface area contributed by atoms with Crippen LogP contribution in [0.1, 0.15) is 30.1 Å². The number of hydrogen-bond acceptors (Lipinski definition) is 4. The number of carbonyl (C=O) groups is 1. The fraction of sp³-hybridized carbons (Fsp3) is 0.533. The molecule has 0 spiro atoms.